The number of pyridine rings is 1. The van der Waals surface area contributed by atoms with Gasteiger partial charge in [-0.05, 0) is 37.0 Å². The predicted octanol–water partition coefficient (Wildman–Crippen LogP) is 7.22. The Labute approximate surface area is 186 Å². The molecule has 5 rings (SSSR count). The Balaban J connectivity index is 1.88. The van der Waals surface area contributed by atoms with Crippen LogP contribution >= 0.6 is 0 Å². The minimum absolute atomic E-state index is 0.341. The number of rotatable bonds is 2. The van der Waals surface area contributed by atoms with Crippen molar-refractivity contribution in [3.05, 3.63) is 95.0 Å². The minimum Gasteiger partial charge on any atom is -0.457 e. The van der Waals surface area contributed by atoms with E-state index < -0.39 is 6.85 Å². The third kappa shape index (κ3) is 2.84. The first-order valence-corrected chi connectivity index (χ1v) is 10.1. The molecule has 0 aliphatic carbocycles. The fraction of sp³-hybridized carbons (Fsp3) is 0.143. The van der Waals surface area contributed by atoms with Gasteiger partial charge in [0.05, 0.1) is 12.1 Å². The lowest BCUT2D eigenvalue weighted by Crippen LogP contribution is -2.35. The van der Waals surface area contributed by atoms with Gasteiger partial charge in [0.1, 0.15) is 18.2 Å². The smallest absolute Gasteiger partial charge is 0.213 e. The molecule has 3 heteroatoms. The van der Waals surface area contributed by atoms with Gasteiger partial charge in [-0.15, -0.1) is 0 Å². The molecule has 0 fully saturated rings. The van der Waals surface area contributed by atoms with Crippen molar-refractivity contribution in [2.75, 3.05) is 0 Å². The van der Waals surface area contributed by atoms with Crippen LogP contribution in [0.25, 0.3) is 49.2 Å². The number of aromatic nitrogens is 1. The van der Waals surface area contributed by atoms with Crippen LogP contribution in [0.4, 0.5) is 5.69 Å². The Hall–Kier alpha value is -3.90. The average molecular weight is 407 g/mol. The molecule has 0 saturated heterocycles. The van der Waals surface area contributed by atoms with Gasteiger partial charge in [-0.2, -0.15) is 4.57 Å². The van der Waals surface area contributed by atoms with Crippen LogP contribution in [-0.2, 0) is 7.05 Å². The largest absolute Gasteiger partial charge is 0.457 e. The maximum absolute atomic E-state index is 7.87. The van der Waals surface area contributed by atoms with Gasteiger partial charge in [-0.3, -0.25) is 0 Å². The maximum atomic E-state index is 7.87. The molecular weight excluding hydrogens is 380 g/mol. The zero-order valence-corrected chi connectivity index (χ0v) is 17.7. The third-order valence-corrected chi connectivity index (χ3v) is 6.09. The molecule has 0 saturated carbocycles. The lowest BCUT2D eigenvalue weighted by molar-refractivity contribution is -0.667. The summed E-state index contributed by atoms with van der Waals surface area (Å²) in [6.07, 6.45) is 0. The Morgan fingerprint density at radius 3 is 2.42 bits per heavy atom. The van der Waals surface area contributed by atoms with Crippen molar-refractivity contribution in [3.8, 4) is 22.4 Å². The first-order valence-electron chi connectivity index (χ1n) is 11.6. The highest BCUT2D eigenvalue weighted by atomic mass is 16.3. The van der Waals surface area contributed by atoms with Gasteiger partial charge in [-0.1, -0.05) is 48.5 Å². The lowest BCUT2D eigenvalue weighted by Gasteiger charge is -2.09. The van der Waals surface area contributed by atoms with Crippen molar-refractivity contribution in [1.29, 1.82) is 0 Å². The van der Waals surface area contributed by atoms with Crippen molar-refractivity contribution in [3.63, 3.8) is 0 Å². The molecule has 0 aliphatic heterocycles. The predicted molar refractivity (Wildman–Crippen MR) is 126 cm³/mol. The summed E-state index contributed by atoms with van der Waals surface area (Å²) in [5.41, 5.74) is 7.66. The summed E-state index contributed by atoms with van der Waals surface area (Å²) >= 11 is 0. The fourth-order valence-corrected chi connectivity index (χ4v) is 4.34. The van der Waals surface area contributed by atoms with Crippen LogP contribution in [0.2, 0.25) is 0 Å². The highest BCUT2D eigenvalue weighted by Gasteiger charge is 2.24. The van der Waals surface area contributed by atoms with Gasteiger partial charge in [0.25, 0.3) is 0 Å². The SMILES string of the molecule is [2H]C([2H])([2H])c1ccc(-c2c(C)ccc3oc4c(-c5ccccc5)c([N+]#[C-])ccc4c23)[n+](C)c1C. The number of benzene rings is 3. The van der Waals surface area contributed by atoms with Crippen LogP contribution in [0, 0.1) is 27.3 Å². The van der Waals surface area contributed by atoms with E-state index in [0.717, 1.165) is 44.3 Å². The number of aryl methyl sites for hydroxylation is 2. The number of hydrogen-bond donors (Lipinski definition) is 0. The summed E-state index contributed by atoms with van der Waals surface area (Å²) in [5, 5.41) is 1.89. The summed E-state index contributed by atoms with van der Waals surface area (Å²) in [6.45, 7) is 9.42. The summed E-state index contributed by atoms with van der Waals surface area (Å²) in [5.74, 6) is 0. The summed E-state index contributed by atoms with van der Waals surface area (Å²) in [7, 11) is 1.90. The van der Waals surface area contributed by atoms with Gasteiger partial charge in [0.15, 0.2) is 11.4 Å². The Morgan fingerprint density at radius 1 is 0.903 bits per heavy atom. The molecule has 0 radical (unpaired) electrons. The zero-order chi connectivity index (χ0) is 24.2. The van der Waals surface area contributed by atoms with Crippen LogP contribution in [0.5, 0.6) is 0 Å². The first-order chi connectivity index (χ1) is 16.2. The topological polar surface area (TPSA) is 21.4 Å². The molecule has 0 bridgehead atoms. The molecule has 2 heterocycles. The van der Waals surface area contributed by atoms with Crippen LogP contribution in [-0.4, -0.2) is 0 Å². The van der Waals surface area contributed by atoms with E-state index in [-0.39, 0.29) is 0 Å². The van der Waals surface area contributed by atoms with E-state index in [0.29, 0.717) is 22.5 Å². The number of nitrogens with zero attached hydrogens (tertiary/aromatic N) is 2. The molecule has 0 N–H and O–H groups in total. The van der Waals surface area contributed by atoms with Gasteiger partial charge < -0.3 is 4.42 Å². The molecule has 0 unspecified atom stereocenters. The van der Waals surface area contributed by atoms with E-state index in [1.165, 1.54) is 0 Å². The molecule has 3 aromatic carbocycles. The monoisotopic (exact) mass is 406 g/mol. The van der Waals surface area contributed by atoms with E-state index in [1.807, 2.05) is 86.1 Å². The molecule has 31 heavy (non-hydrogen) atoms. The molecule has 0 amide bonds. The van der Waals surface area contributed by atoms with Crippen molar-refractivity contribution in [2.45, 2.75) is 20.7 Å². The van der Waals surface area contributed by atoms with Crippen LogP contribution < -0.4 is 4.57 Å². The van der Waals surface area contributed by atoms with E-state index in [1.54, 1.807) is 6.07 Å². The van der Waals surface area contributed by atoms with Crippen LogP contribution in [0.1, 0.15) is 20.9 Å². The van der Waals surface area contributed by atoms with Crippen molar-refractivity contribution in [1.82, 2.24) is 0 Å². The van der Waals surface area contributed by atoms with Crippen LogP contribution in [0.3, 0.4) is 0 Å². The first kappa shape index (κ1) is 15.9. The van der Waals surface area contributed by atoms with Crippen molar-refractivity contribution in [2.24, 2.45) is 7.05 Å². The Bertz CT molecular complexity index is 1620. The average Bonchev–Trinajstić information content (AvgIpc) is 3.19. The lowest BCUT2D eigenvalue weighted by atomic mass is 9.95. The van der Waals surface area contributed by atoms with E-state index in [4.69, 9.17) is 15.1 Å². The van der Waals surface area contributed by atoms with E-state index in [9.17, 15) is 0 Å². The fourth-order valence-electron chi connectivity index (χ4n) is 4.34. The molecule has 0 aliphatic rings. The van der Waals surface area contributed by atoms with E-state index >= 15 is 0 Å². The Morgan fingerprint density at radius 2 is 1.68 bits per heavy atom. The summed E-state index contributed by atoms with van der Waals surface area (Å²) in [6, 6.07) is 21.2. The van der Waals surface area contributed by atoms with Gasteiger partial charge in [-0.25, -0.2) is 4.85 Å². The second-order valence-electron chi connectivity index (χ2n) is 7.82. The second-order valence-corrected chi connectivity index (χ2v) is 7.82. The molecule has 0 atom stereocenters. The minimum atomic E-state index is -2.18. The molecule has 5 aromatic rings. The quantitative estimate of drug-likeness (QED) is 0.224. The van der Waals surface area contributed by atoms with Crippen molar-refractivity contribution >= 4 is 27.6 Å². The number of fused-ring (bicyclic) bond motifs is 3. The van der Waals surface area contributed by atoms with Crippen molar-refractivity contribution < 1.29 is 13.1 Å². The van der Waals surface area contributed by atoms with Gasteiger partial charge in [0.2, 0.25) is 5.69 Å². The molecular formula is C28H23N2O+. The Kier molecular flexibility index (Phi) is 3.64. The van der Waals surface area contributed by atoms with E-state index in [2.05, 4.69) is 4.85 Å². The third-order valence-electron chi connectivity index (χ3n) is 6.09. The zero-order valence-electron chi connectivity index (χ0n) is 20.7. The number of hydrogen-bond acceptors (Lipinski definition) is 1. The highest BCUT2D eigenvalue weighted by molar-refractivity contribution is 6.17. The van der Waals surface area contributed by atoms with Gasteiger partial charge in [0, 0.05) is 39.0 Å². The van der Waals surface area contributed by atoms with Gasteiger partial charge >= 0.3 is 0 Å². The summed E-state index contributed by atoms with van der Waals surface area (Å²) in [4.78, 5) is 3.76. The standard InChI is InChI=1S/C28H23N2O/c1-17-11-15-23(30(5)19(17)3)25-18(2)12-16-24-27(25)21-13-14-22(29-4)26(28(21)31-24)20-9-7-6-8-10-20/h6-16H,1-3,5H3/q+1/i1D3. The number of furan rings is 1. The maximum Gasteiger partial charge on any atom is 0.213 e. The second kappa shape index (κ2) is 7.11. The molecule has 2 aromatic heterocycles. The normalized spacial score (nSPS) is 13.0. The molecule has 150 valence electrons. The molecule has 0 spiro atoms. The summed E-state index contributed by atoms with van der Waals surface area (Å²) < 4.78 is 31.9. The molecule has 3 nitrogen and oxygen atoms in total. The van der Waals surface area contributed by atoms with Crippen LogP contribution in [0.15, 0.2) is 71.1 Å². The highest BCUT2D eigenvalue weighted by Crippen LogP contribution is 2.44.